The van der Waals surface area contributed by atoms with E-state index in [0.717, 1.165) is 22.5 Å². The Kier molecular flexibility index (Phi) is 6.23. The molecule has 0 radical (unpaired) electrons. The second-order valence-electron chi connectivity index (χ2n) is 9.02. The number of aromatic nitrogens is 3. The first-order chi connectivity index (χ1) is 17.0. The van der Waals surface area contributed by atoms with Crippen LogP contribution in [-0.2, 0) is 4.79 Å². The van der Waals surface area contributed by atoms with Crippen molar-refractivity contribution in [3.63, 3.8) is 0 Å². The summed E-state index contributed by atoms with van der Waals surface area (Å²) in [6, 6.07) is 19.6. The average molecular weight is 468 g/mol. The summed E-state index contributed by atoms with van der Waals surface area (Å²) in [5.41, 5.74) is 4.53. The lowest BCUT2D eigenvalue weighted by molar-refractivity contribution is -0.121. The molecule has 2 aromatic carbocycles. The van der Waals surface area contributed by atoms with Gasteiger partial charge in [-0.3, -0.25) is 9.59 Å². The highest BCUT2D eigenvalue weighted by molar-refractivity contribution is 5.98. The fourth-order valence-corrected chi connectivity index (χ4v) is 4.61. The summed E-state index contributed by atoms with van der Waals surface area (Å²) in [7, 11) is 0. The number of benzene rings is 2. The van der Waals surface area contributed by atoms with Crippen LogP contribution in [0.3, 0.4) is 0 Å². The number of para-hydroxylation sites is 1. The molecule has 0 spiro atoms. The lowest BCUT2D eigenvalue weighted by atomic mass is 9.95. The number of hydrogen-bond donors (Lipinski definition) is 1. The molecule has 1 fully saturated rings. The molecule has 0 aliphatic carbocycles. The number of hydrogen-bond acceptors (Lipinski definition) is 3. The largest absolute Gasteiger partial charge is 0.338 e. The van der Waals surface area contributed by atoms with Gasteiger partial charge < -0.3 is 14.8 Å². The molecular formula is C28H29N5O2. The molecule has 1 aliphatic heterocycles. The van der Waals surface area contributed by atoms with Crippen LogP contribution in [0.2, 0.25) is 0 Å². The molecule has 4 aromatic rings. The van der Waals surface area contributed by atoms with Gasteiger partial charge >= 0.3 is 0 Å². The molecule has 0 atom stereocenters. The Morgan fingerprint density at radius 1 is 0.914 bits per heavy atom. The van der Waals surface area contributed by atoms with Gasteiger partial charge in [-0.05, 0) is 68.1 Å². The molecular weight excluding hydrogens is 438 g/mol. The van der Waals surface area contributed by atoms with E-state index in [1.165, 1.54) is 0 Å². The molecule has 178 valence electrons. The summed E-state index contributed by atoms with van der Waals surface area (Å²) in [6.45, 7) is 5.12. The minimum absolute atomic E-state index is 0.0238. The van der Waals surface area contributed by atoms with Crippen LogP contribution in [0, 0.1) is 19.8 Å². The summed E-state index contributed by atoms with van der Waals surface area (Å²) in [5.74, 6) is 0.552. The minimum Gasteiger partial charge on any atom is -0.338 e. The van der Waals surface area contributed by atoms with Crippen molar-refractivity contribution in [2.75, 3.05) is 18.4 Å². The van der Waals surface area contributed by atoms with E-state index in [1.807, 2.05) is 96.4 Å². The Morgan fingerprint density at radius 2 is 1.63 bits per heavy atom. The van der Waals surface area contributed by atoms with Crippen molar-refractivity contribution in [1.82, 2.24) is 19.2 Å². The van der Waals surface area contributed by atoms with Crippen molar-refractivity contribution in [3.8, 4) is 11.5 Å². The first-order valence-corrected chi connectivity index (χ1v) is 12.0. The molecule has 5 rings (SSSR count). The van der Waals surface area contributed by atoms with E-state index < -0.39 is 0 Å². The van der Waals surface area contributed by atoms with E-state index in [9.17, 15) is 9.59 Å². The highest BCUT2D eigenvalue weighted by Crippen LogP contribution is 2.26. The average Bonchev–Trinajstić information content (AvgIpc) is 3.57. The normalized spacial score (nSPS) is 14.2. The lowest BCUT2D eigenvalue weighted by Gasteiger charge is -2.31. The van der Waals surface area contributed by atoms with Gasteiger partial charge in [0, 0.05) is 37.1 Å². The third-order valence-corrected chi connectivity index (χ3v) is 6.84. The Morgan fingerprint density at radius 3 is 2.34 bits per heavy atom. The van der Waals surface area contributed by atoms with Gasteiger partial charge in [0.2, 0.25) is 5.91 Å². The number of aryl methyl sites for hydroxylation is 1. The maximum Gasteiger partial charge on any atom is 0.259 e. The van der Waals surface area contributed by atoms with Crippen molar-refractivity contribution in [1.29, 1.82) is 0 Å². The number of nitrogens with one attached hydrogen (secondary N) is 1. The van der Waals surface area contributed by atoms with Crippen molar-refractivity contribution >= 4 is 17.5 Å². The molecule has 7 nitrogen and oxygen atoms in total. The Labute approximate surface area is 205 Å². The molecule has 0 saturated carbocycles. The van der Waals surface area contributed by atoms with Crippen molar-refractivity contribution in [2.45, 2.75) is 26.7 Å². The van der Waals surface area contributed by atoms with Crippen LogP contribution >= 0.6 is 0 Å². The van der Waals surface area contributed by atoms with Gasteiger partial charge in [-0.2, -0.15) is 5.10 Å². The van der Waals surface area contributed by atoms with E-state index in [4.69, 9.17) is 0 Å². The molecule has 7 heteroatoms. The highest BCUT2D eigenvalue weighted by Gasteiger charge is 2.30. The highest BCUT2D eigenvalue weighted by atomic mass is 16.2. The van der Waals surface area contributed by atoms with E-state index in [0.29, 0.717) is 37.3 Å². The summed E-state index contributed by atoms with van der Waals surface area (Å²) in [6.07, 6.45) is 6.74. The second kappa shape index (κ2) is 9.62. The molecule has 0 bridgehead atoms. The standard InChI is InChI=1S/C28H29N5O2/c1-20-9-8-12-25(21(20)2)30-26(34)22-13-17-32(18-14-22)28(35)24-19-29-33(23-10-4-3-5-11-23)27(24)31-15-6-7-16-31/h3-12,15-16,19,22H,13-14,17-18H2,1-2H3,(H,30,34). The maximum atomic E-state index is 13.6. The molecule has 0 unspecified atom stereocenters. The van der Waals surface area contributed by atoms with Crippen molar-refractivity contribution in [2.24, 2.45) is 5.92 Å². The summed E-state index contributed by atoms with van der Waals surface area (Å²) >= 11 is 0. The number of rotatable bonds is 5. The van der Waals surface area contributed by atoms with E-state index in [2.05, 4.69) is 10.4 Å². The van der Waals surface area contributed by atoms with Gasteiger partial charge in [0.05, 0.1) is 11.9 Å². The summed E-state index contributed by atoms with van der Waals surface area (Å²) in [5, 5.41) is 7.63. The molecule has 1 N–H and O–H groups in total. The first kappa shape index (κ1) is 22.7. The number of anilines is 1. The predicted molar refractivity (Wildman–Crippen MR) is 136 cm³/mol. The topological polar surface area (TPSA) is 72.2 Å². The SMILES string of the molecule is Cc1cccc(NC(=O)C2CCN(C(=O)c3cnn(-c4ccccc4)c3-n3cccc3)CC2)c1C. The number of likely N-dealkylation sites (tertiary alicyclic amines) is 1. The number of carbonyl (C=O) groups excluding carboxylic acids is 2. The molecule has 2 amide bonds. The molecule has 1 saturated heterocycles. The molecule has 35 heavy (non-hydrogen) atoms. The fraction of sp³-hybridized carbons (Fsp3) is 0.250. The second-order valence-corrected chi connectivity index (χ2v) is 9.02. The zero-order valence-electron chi connectivity index (χ0n) is 20.0. The number of amides is 2. The van der Waals surface area contributed by atoms with Gasteiger partial charge in [0.25, 0.3) is 5.91 Å². The van der Waals surface area contributed by atoms with Crippen LogP contribution in [0.5, 0.6) is 0 Å². The van der Waals surface area contributed by atoms with Crippen LogP contribution < -0.4 is 5.32 Å². The van der Waals surface area contributed by atoms with Gasteiger partial charge in [-0.1, -0.05) is 30.3 Å². The minimum atomic E-state index is -0.116. The molecule has 2 aromatic heterocycles. The number of piperidine rings is 1. The summed E-state index contributed by atoms with van der Waals surface area (Å²) < 4.78 is 3.70. The van der Waals surface area contributed by atoms with E-state index in [-0.39, 0.29) is 17.7 Å². The van der Waals surface area contributed by atoms with Crippen LogP contribution in [0.15, 0.2) is 79.3 Å². The van der Waals surface area contributed by atoms with Gasteiger partial charge in [0.1, 0.15) is 5.56 Å². The van der Waals surface area contributed by atoms with Crippen LogP contribution in [-0.4, -0.2) is 44.2 Å². The zero-order chi connectivity index (χ0) is 24.4. The van der Waals surface area contributed by atoms with Crippen LogP contribution in [0.25, 0.3) is 11.5 Å². The van der Waals surface area contributed by atoms with E-state index >= 15 is 0 Å². The Balaban J connectivity index is 1.31. The third-order valence-electron chi connectivity index (χ3n) is 6.84. The van der Waals surface area contributed by atoms with Crippen molar-refractivity contribution in [3.05, 3.63) is 95.9 Å². The quantitative estimate of drug-likeness (QED) is 0.460. The van der Waals surface area contributed by atoms with Gasteiger partial charge in [-0.25, -0.2) is 4.68 Å². The monoisotopic (exact) mass is 467 g/mol. The van der Waals surface area contributed by atoms with E-state index in [1.54, 1.807) is 10.9 Å². The third kappa shape index (κ3) is 4.49. The van der Waals surface area contributed by atoms with Crippen LogP contribution in [0.4, 0.5) is 5.69 Å². The molecule has 1 aliphatic rings. The smallest absolute Gasteiger partial charge is 0.259 e. The predicted octanol–water partition coefficient (Wildman–Crippen LogP) is 4.77. The Hall–Kier alpha value is -4.13. The zero-order valence-corrected chi connectivity index (χ0v) is 20.0. The fourth-order valence-electron chi connectivity index (χ4n) is 4.61. The summed E-state index contributed by atoms with van der Waals surface area (Å²) in [4.78, 5) is 28.3. The Bertz CT molecular complexity index is 1330. The first-order valence-electron chi connectivity index (χ1n) is 12.0. The van der Waals surface area contributed by atoms with Gasteiger partial charge in [0.15, 0.2) is 5.82 Å². The number of nitrogens with zero attached hydrogens (tertiary/aromatic N) is 4. The molecule has 3 heterocycles. The van der Waals surface area contributed by atoms with Crippen LogP contribution in [0.1, 0.15) is 34.3 Å². The number of carbonyl (C=O) groups is 2. The lowest BCUT2D eigenvalue weighted by Crippen LogP contribution is -2.41. The van der Waals surface area contributed by atoms with Crippen molar-refractivity contribution < 1.29 is 9.59 Å². The maximum absolute atomic E-state index is 13.6. The van der Waals surface area contributed by atoms with Gasteiger partial charge in [-0.15, -0.1) is 0 Å².